The third kappa shape index (κ3) is 2.76. The normalized spacial score (nSPS) is 16.6. The highest BCUT2D eigenvalue weighted by atomic mass is 15.0. The maximum atomic E-state index is 3.51. The van der Waals surface area contributed by atoms with Gasteiger partial charge >= 0.3 is 0 Å². The second kappa shape index (κ2) is 3.64. The Morgan fingerprint density at radius 2 is 1.71 bits per heavy atom. The highest BCUT2D eigenvalue weighted by molar-refractivity contribution is 5.52. The van der Waals surface area contributed by atoms with Gasteiger partial charge in [0.2, 0.25) is 0 Å². The number of hydrogen-bond donors (Lipinski definition) is 1. The van der Waals surface area contributed by atoms with Crippen LogP contribution in [0.2, 0.25) is 0 Å². The van der Waals surface area contributed by atoms with Gasteiger partial charge in [-0.1, -0.05) is 5.57 Å². The molecule has 1 rings (SSSR count). The summed E-state index contributed by atoms with van der Waals surface area (Å²) >= 11 is 0. The SMILES string of the molecule is CC1=CC(=C(C)C)C=C1NC(C)(C)C. The van der Waals surface area contributed by atoms with E-state index in [1.54, 1.807) is 0 Å². The van der Waals surface area contributed by atoms with Gasteiger partial charge in [0.15, 0.2) is 0 Å². The third-order valence-corrected chi connectivity index (χ3v) is 2.18. The largest absolute Gasteiger partial charge is 0.380 e. The van der Waals surface area contributed by atoms with Crippen LogP contribution in [0.15, 0.2) is 34.6 Å². The molecule has 78 valence electrons. The predicted molar refractivity (Wildman–Crippen MR) is 63.1 cm³/mol. The lowest BCUT2D eigenvalue weighted by Crippen LogP contribution is -2.34. The summed E-state index contributed by atoms with van der Waals surface area (Å²) < 4.78 is 0. The summed E-state index contributed by atoms with van der Waals surface area (Å²) in [5.41, 5.74) is 5.44. The molecule has 0 aromatic heterocycles. The van der Waals surface area contributed by atoms with Crippen LogP contribution in [-0.4, -0.2) is 5.54 Å². The van der Waals surface area contributed by atoms with Crippen LogP contribution in [0.3, 0.4) is 0 Å². The van der Waals surface area contributed by atoms with Crippen molar-refractivity contribution in [1.82, 2.24) is 5.32 Å². The first-order valence-corrected chi connectivity index (χ1v) is 5.15. The monoisotopic (exact) mass is 191 g/mol. The van der Waals surface area contributed by atoms with Crippen molar-refractivity contribution in [3.63, 3.8) is 0 Å². The van der Waals surface area contributed by atoms with Crippen molar-refractivity contribution in [2.45, 2.75) is 47.1 Å². The molecule has 0 aromatic carbocycles. The molecule has 0 heterocycles. The lowest BCUT2D eigenvalue weighted by molar-refractivity contribution is 0.477. The Kier molecular flexibility index (Phi) is 2.89. The Bertz CT molecular complexity index is 318. The molecule has 0 unspecified atom stereocenters. The van der Waals surface area contributed by atoms with Crippen molar-refractivity contribution in [2.24, 2.45) is 0 Å². The van der Waals surface area contributed by atoms with Crippen LogP contribution in [0.25, 0.3) is 0 Å². The molecular formula is C13H21N. The summed E-state index contributed by atoms with van der Waals surface area (Å²) in [7, 11) is 0. The Morgan fingerprint density at radius 3 is 2.07 bits per heavy atom. The van der Waals surface area contributed by atoms with E-state index in [1.807, 2.05) is 0 Å². The van der Waals surface area contributed by atoms with Crippen molar-refractivity contribution in [3.8, 4) is 0 Å². The van der Waals surface area contributed by atoms with Crippen molar-refractivity contribution >= 4 is 0 Å². The van der Waals surface area contributed by atoms with Gasteiger partial charge in [-0.25, -0.2) is 0 Å². The Labute approximate surface area is 87.6 Å². The fraction of sp³-hybridized carbons (Fsp3) is 0.538. The molecule has 0 radical (unpaired) electrons. The van der Waals surface area contributed by atoms with E-state index in [4.69, 9.17) is 0 Å². The summed E-state index contributed by atoms with van der Waals surface area (Å²) in [5, 5.41) is 3.51. The Morgan fingerprint density at radius 1 is 1.14 bits per heavy atom. The lowest BCUT2D eigenvalue weighted by atomic mass is 10.1. The van der Waals surface area contributed by atoms with E-state index in [0.29, 0.717) is 0 Å². The lowest BCUT2D eigenvalue weighted by Gasteiger charge is -2.23. The van der Waals surface area contributed by atoms with Crippen LogP contribution in [0, 0.1) is 0 Å². The van der Waals surface area contributed by atoms with Crippen LogP contribution < -0.4 is 5.32 Å². The minimum absolute atomic E-state index is 0.137. The second-order valence-electron chi connectivity index (χ2n) is 5.22. The molecular weight excluding hydrogens is 170 g/mol. The van der Waals surface area contributed by atoms with E-state index >= 15 is 0 Å². The zero-order valence-electron chi connectivity index (χ0n) is 10.2. The van der Waals surface area contributed by atoms with Crippen LogP contribution >= 0.6 is 0 Å². The van der Waals surface area contributed by atoms with Gasteiger partial charge in [0.1, 0.15) is 0 Å². The molecule has 0 atom stereocenters. The second-order valence-corrected chi connectivity index (χ2v) is 5.22. The first kappa shape index (κ1) is 11.1. The number of hydrogen-bond acceptors (Lipinski definition) is 1. The molecule has 0 bridgehead atoms. The summed E-state index contributed by atoms with van der Waals surface area (Å²) in [6.07, 6.45) is 4.47. The van der Waals surface area contributed by atoms with E-state index in [1.165, 1.54) is 22.4 Å². The zero-order chi connectivity index (χ0) is 10.9. The maximum absolute atomic E-state index is 3.51. The number of nitrogens with one attached hydrogen (secondary N) is 1. The average Bonchev–Trinajstić information content (AvgIpc) is 2.29. The molecule has 1 aliphatic carbocycles. The molecule has 14 heavy (non-hydrogen) atoms. The molecule has 0 amide bonds. The summed E-state index contributed by atoms with van der Waals surface area (Å²) in [6.45, 7) is 13.0. The van der Waals surface area contributed by atoms with Gasteiger partial charge in [-0.15, -0.1) is 0 Å². The van der Waals surface area contributed by atoms with Crippen LogP contribution in [0.1, 0.15) is 41.5 Å². The first-order valence-electron chi connectivity index (χ1n) is 5.15. The van der Waals surface area contributed by atoms with E-state index in [0.717, 1.165) is 0 Å². The fourth-order valence-electron chi connectivity index (χ4n) is 1.45. The van der Waals surface area contributed by atoms with Crippen LogP contribution in [0.4, 0.5) is 0 Å². The van der Waals surface area contributed by atoms with Crippen molar-refractivity contribution in [2.75, 3.05) is 0 Å². The Hall–Kier alpha value is -0.980. The smallest absolute Gasteiger partial charge is 0.0380 e. The summed E-state index contributed by atoms with van der Waals surface area (Å²) in [4.78, 5) is 0. The molecule has 0 spiro atoms. The maximum Gasteiger partial charge on any atom is 0.0380 e. The van der Waals surface area contributed by atoms with E-state index < -0.39 is 0 Å². The van der Waals surface area contributed by atoms with Gasteiger partial charge in [0.05, 0.1) is 0 Å². The van der Waals surface area contributed by atoms with E-state index in [2.05, 4.69) is 59.0 Å². The van der Waals surface area contributed by atoms with Crippen molar-refractivity contribution in [3.05, 3.63) is 34.6 Å². The zero-order valence-corrected chi connectivity index (χ0v) is 10.2. The standard InChI is InChI=1S/C13H21N/c1-9(2)11-7-10(3)12(8-11)14-13(4,5)6/h7-8,14H,1-6H3. The highest BCUT2D eigenvalue weighted by Crippen LogP contribution is 2.24. The van der Waals surface area contributed by atoms with Crippen molar-refractivity contribution in [1.29, 1.82) is 0 Å². The van der Waals surface area contributed by atoms with Crippen LogP contribution in [-0.2, 0) is 0 Å². The molecule has 1 heteroatoms. The minimum atomic E-state index is 0.137. The first-order chi connectivity index (χ1) is 6.29. The predicted octanol–water partition coefficient (Wildman–Crippen LogP) is 3.55. The Balaban J connectivity index is 2.90. The van der Waals surface area contributed by atoms with Gasteiger partial charge in [-0.2, -0.15) is 0 Å². The topological polar surface area (TPSA) is 12.0 Å². The summed E-state index contributed by atoms with van der Waals surface area (Å²) in [6, 6.07) is 0. The van der Waals surface area contributed by atoms with Gasteiger partial charge in [-0.3, -0.25) is 0 Å². The average molecular weight is 191 g/mol. The molecule has 0 fully saturated rings. The third-order valence-electron chi connectivity index (χ3n) is 2.18. The van der Waals surface area contributed by atoms with Gasteiger partial charge < -0.3 is 5.32 Å². The number of rotatable bonds is 1. The van der Waals surface area contributed by atoms with Crippen LogP contribution in [0.5, 0.6) is 0 Å². The van der Waals surface area contributed by atoms with Gasteiger partial charge in [0, 0.05) is 11.2 Å². The minimum Gasteiger partial charge on any atom is -0.380 e. The van der Waals surface area contributed by atoms with E-state index in [9.17, 15) is 0 Å². The molecule has 1 N–H and O–H groups in total. The highest BCUT2D eigenvalue weighted by Gasteiger charge is 2.15. The van der Waals surface area contributed by atoms with Gasteiger partial charge in [-0.05, 0) is 64.8 Å². The molecule has 0 aromatic rings. The number of allylic oxidation sites excluding steroid dienone is 5. The molecule has 1 nitrogen and oxygen atoms in total. The summed E-state index contributed by atoms with van der Waals surface area (Å²) in [5.74, 6) is 0. The molecule has 0 saturated heterocycles. The van der Waals surface area contributed by atoms with Crippen molar-refractivity contribution < 1.29 is 0 Å². The van der Waals surface area contributed by atoms with Gasteiger partial charge in [0.25, 0.3) is 0 Å². The fourth-order valence-corrected chi connectivity index (χ4v) is 1.45. The quantitative estimate of drug-likeness (QED) is 0.668. The molecule has 0 saturated carbocycles. The van der Waals surface area contributed by atoms with E-state index in [-0.39, 0.29) is 5.54 Å². The molecule has 0 aliphatic heterocycles. The molecule has 1 aliphatic rings.